The van der Waals surface area contributed by atoms with Gasteiger partial charge in [-0.05, 0) is 13.0 Å². The third-order valence-corrected chi connectivity index (χ3v) is 4.26. The number of anilines is 1. The van der Waals surface area contributed by atoms with Gasteiger partial charge in [0.05, 0.1) is 6.61 Å². The molecule has 0 amide bonds. The number of aromatic nitrogens is 1. The number of aliphatic hydroxyl groups is 1. The van der Waals surface area contributed by atoms with Gasteiger partial charge in [0.2, 0.25) is 0 Å². The van der Waals surface area contributed by atoms with E-state index in [0.717, 1.165) is 30.0 Å². The fourth-order valence-electron chi connectivity index (χ4n) is 2.36. The lowest BCUT2D eigenvalue weighted by atomic mass is 10.1. The Morgan fingerprint density at radius 3 is 2.65 bits per heavy atom. The number of rotatable bonds is 2. The normalized spacial score (nSPS) is 25.1. The molecule has 3 nitrogen and oxygen atoms in total. The second-order valence-electron chi connectivity index (χ2n) is 4.77. The zero-order valence-corrected chi connectivity index (χ0v) is 11.5. The van der Waals surface area contributed by atoms with E-state index in [-0.39, 0.29) is 6.61 Å². The SMILES string of the molecule is Cc1cc(N2CC(C)SC(C)C2)c(CO)cn1. The predicted molar refractivity (Wildman–Crippen MR) is 73.6 cm³/mol. The predicted octanol–water partition coefficient (Wildman–Crippen LogP) is 2.21. The summed E-state index contributed by atoms with van der Waals surface area (Å²) in [6, 6.07) is 2.08. The first-order valence-electron chi connectivity index (χ1n) is 6.07. The van der Waals surface area contributed by atoms with Crippen LogP contribution >= 0.6 is 11.8 Å². The monoisotopic (exact) mass is 252 g/mol. The van der Waals surface area contributed by atoms with Crippen LogP contribution in [0.2, 0.25) is 0 Å². The highest BCUT2D eigenvalue weighted by Crippen LogP contribution is 2.30. The molecule has 0 aliphatic carbocycles. The first-order chi connectivity index (χ1) is 8.10. The van der Waals surface area contributed by atoms with Gasteiger partial charge in [0.15, 0.2) is 0 Å². The molecule has 0 saturated carbocycles. The lowest BCUT2D eigenvalue weighted by molar-refractivity contribution is 0.281. The average Bonchev–Trinajstić information content (AvgIpc) is 2.27. The Kier molecular flexibility index (Phi) is 3.94. The van der Waals surface area contributed by atoms with Crippen LogP contribution in [0.5, 0.6) is 0 Å². The van der Waals surface area contributed by atoms with Crippen molar-refractivity contribution in [3.05, 3.63) is 23.5 Å². The van der Waals surface area contributed by atoms with Crippen LogP contribution in [0.25, 0.3) is 0 Å². The van der Waals surface area contributed by atoms with E-state index in [1.165, 1.54) is 0 Å². The number of nitrogens with zero attached hydrogens (tertiary/aromatic N) is 2. The Morgan fingerprint density at radius 1 is 1.41 bits per heavy atom. The maximum atomic E-state index is 9.40. The molecule has 0 radical (unpaired) electrons. The summed E-state index contributed by atoms with van der Waals surface area (Å²) in [7, 11) is 0. The van der Waals surface area contributed by atoms with Gasteiger partial charge in [-0.1, -0.05) is 13.8 Å². The van der Waals surface area contributed by atoms with Crippen LogP contribution in [-0.2, 0) is 6.61 Å². The Morgan fingerprint density at radius 2 is 2.06 bits per heavy atom. The van der Waals surface area contributed by atoms with Gasteiger partial charge < -0.3 is 10.0 Å². The molecule has 2 rings (SSSR count). The van der Waals surface area contributed by atoms with Gasteiger partial charge in [-0.2, -0.15) is 11.8 Å². The minimum atomic E-state index is 0.0645. The lowest BCUT2D eigenvalue weighted by Crippen LogP contribution is -2.41. The maximum Gasteiger partial charge on any atom is 0.0717 e. The van der Waals surface area contributed by atoms with Gasteiger partial charge >= 0.3 is 0 Å². The van der Waals surface area contributed by atoms with E-state index >= 15 is 0 Å². The highest BCUT2D eigenvalue weighted by Gasteiger charge is 2.24. The lowest BCUT2D eigenvalue weighted by Gasteiger charge is -2.37. The van der Waals surface area contributed by atoms with Crippen LogP contribution < -0.4 is 4.90 Å². The van der Waals surface area contributed by atoms with Gasteiger partial charge in [0, 0.05) is 46.7 Å². The van der Waals surface area contributed by atoms with Crippen molar-refractivity contribution < 1.29 is 5.11 Å². The quantitative estimate of drug-likeness (QED) is 0.875. The summed E-state index contributed by atoms with van der Waals surface area (Å²) < 4.78 is 0. The van der Waals surface area contributed by atoms with Crippen LogP contribution in [0.3, 0.4) is 0 Å². The summed E-state index contributed by atoms with van der Waals surface area (Å²) >= 11 is 2.04. The number of thioether (sulfide) groups is 1. The molecule has 2 atom stereocenters. The summed E-state index contributed by atoms with van der Waals surface area (Å²) in [5.74, 6) is 0. The minimum Gasteiger partial charge on any atom is -0.392 e. The van der Waals surface area contributed by atoms with Gasteiger partial charge in [-0.25, -0.2) is 0 Å². The molecular weight excluding hydrogens is 232 g/mol. The third-order valence-electron chi connectivity index (χ3n) is 3.03. The first kappa shape index (κ1) is 12.7. The summed E-state index contributed by atoms with van der Waals surface area (Å²) in [6.07, 6.45) is 1.79. The van der Waals surface area contributed by atoms with Crippen molar-refractivity contribution in [1.82, 2.24) is 4.98 Å². The zero-order valence-electron chi connectivity index (χ0n) is 10.7. The van der Waals surface area contributed by atoms with Crippen LogP contribution in [0.15, 0.2) is 12.3 Å². The van der Waals surface area contributed by atoms with Crippen molar-refractivity contribution in [3.63, 3.8) is 0 Å². The van der Waals surface area contributed by atoms with Gasteiger partial charge in [0.25, 0.3) is 0 Å². The number of hydrogen-bond acceptors (Lipinski definition) is 4. The molecular formula is C13H20N2OS. The Labute approximate surface area is 107 Å². The van der Waals surface area contributed by atoms with Gasteiger partial charge in [-0.15, -0.1) is 0 Å². The number of aryl methyl sites for hydroxylation is 1. The largest absolute Gasteiger partial charge is 0.392 e. The van der Waals surface area contributed by atoms with Crippen LogP contribution in [-0.4, -0.2) is 33.7 Å². The van der Waals surface area contributed by atoms with E-state index in [9.17, 15) is 5.11 Å². The van der Waals surface area contributed by atoms with Crippen molar-refractivity contribution >= 4 is 17.4 Å². The summed E-state index contributed by atoms with van der Waals surface area (Å²) in [5, 5.41) is 10.7. The number of hydrogen-bond donors (Lipinski definition) is 1. The van der Waals surface area contributed by atoms with E-state index in [2.05, 4.69) is 29.8 Å². The first-order valence-corrected chi connectivity index (χ1v) is 7.01. The molecule has 94 valence electrons. The Bertz CT molecular complexity index is 387. The molecule has 0 spiro atoms. The molecule has 1 aliphatic rings. The molecule has 0 aromatic carbocycles. The second kappa shape index (κ2) is 5.27. The van der Waals surface area contributed by atoms with Crippen LogP contribution in [0.4, 0.5) is 5.69 Å². The highest BCUT2D eigenvalue weighted by atomic mass is 32.2. The number of aliphatic hydroxyl groups excluding tert-OH is 1. The maximum absolute atomic E-state index is 9.40. The van der Waals surface area contributed by atoms with E-state index in [1.54, 1.807) is 6.20 Å². The zero-order chi connectivity index (χ0) is 12.4. The van der Waals surface area contributed by atoms with E-state index < -0.39 is 0 Å². The molecule has 1 aromatic rings. The second-order valence-corrected chi connectivity index (χ2v) is 6.66. The summed E-state index contributed by atoms with van der Waals surface area (Å²) in [6.45, 7) is 8.68. The molecule has 1 fully saturated rings. The van der Waals surface area contributed by atoms with Crippen molar-refractivity contribution in [2.24, 2.45) is 0 Å². The smallest absolute Gasteiger partial charge is 0.0717 e. The average molecular weight is 252 g/mol. The summed E-state index contributed by atoms with van der Waals surface area (Å²) in [4.78, 5) is 6.63. The summed E-state index contributed by atoms with van der Waals surface area (Å²) in [5.41, 5.74) is 3.09. The molecule has 17 heavy (non-hydrogen) atoms. The Hall–Kier alpha value is -0.740. The molecule has 4 heteroatoms. The van der Waals surface area contributed by atoms with Crippen molar-refractivity contribution in [2.45, 2.75) is 37.9 Å². The molecule has 1 saturated heterocycles. The van der Waals surface area contributed by atoms with Crippen molar-refractivity contribution in [1.29, 1.82) is 0 Å². The van der Waals surface area contributed by atoms with E-state index in [4.69, 9.17) is 0 Å². The Balaban J connectivity index is 2.28. The van der Waals surface area contributed by atoms with Crippen molar-refractivity contribution in [2.75, 3.05) is 18.0 Å². The minimum absolute atomic E-state index is 0.0645. The molecule has 2 unspecified atom stereocenters. The molecule has 1 aliphatic heterocycles. The molecule has 0 bridgehead atoms. The fraction of sp³-hybridized carbons (Fsp3) is 0.615. The van der Waals surface area contributed by atoms with Crippen LogP contribution in [0, 0.1) is 6.92 Å². The van der Waals surface area contributed by atoms with Crippen LogP contribution in [0.1, 0.15) is 25.1 Å². The van der Waals surface area contributed by atoms with E-state index in [0.29, 0.717) is 10.5 Å². The molecule has 1 N–H and O–H groups in total. The molecule has 2 heterocycles. The fourth-order valence-corrected chi connectivity index (χ4v) is 3.69. The molecule has 1 aromatic heterocycles. The number of pyridine rings is 1. The van der Waals surface area contributed by atoms with Gasteiger partial charge in [0.1, 0.15) is 0 Å². The van der Waals surface area contributed by atoms with E-state index in [1.807, 2.05) is 18.7 Å². The highest BCUT2D eigenvalue weighted by molar-refractivity contribution is 8.00. The standard InChI is InChI=1S/C13H20N2OS/c1-9-4-13(12(8-16)5-14-9)15-6-10(2)17-11(3)7-15/h4-5,10-11,16H,6-8H2,1-3H3. The van der Waals surface area contributed by atoms with Gasteiger partial charge in [-0.3, -0.25) is 4.98 Å². The topological polar surface area (TPSA) is 36.4 Å². The van der Waals surface area contributed by atoms with Crippen molar-refractivity contribution in [3.8, 4) is 0 Å². The third kappa shape index (κ3) is 2.93.